The van der Waals surface area contributed by atoms with E-state index in [-0.39, 0.29) is 47.7 Å². The van der Waals surface area contributed by atoms with Crippen molar-refractivity contribution in [1.82, 2.24) is 15.0 Å². The van der Waals surface area contributed by atoms with Crippen molar-refractivity contribution in [2.45, 2.75) is 24.8 Å². The SMILES string of the molecule is CC(=O)c1ccc(S(=O)(=O)NCCC(=O)NCc2cccnc2Oc2cccc(F)c2)cc1. The summed E-state index contributed by atoms with van der Waals surface area (Å²) in [6.45, 7) is 1.38. The van der Waals surface area contributed by atoms with Crippen LogP contribution in [0.15, 0.2) is 71.8 Å². The number of nitrogens with zero attached hydrogens (tertiary/aromatic N) is 1. The zero-order valence-electron chi connectivity index (χ0n) is 17.7. The number of ether oxygens (including phenoxy) is 1. The Labute approximate surface area is 190 Å². The van der Waals surface area contributed by atoms with Gasteiger partial charge in [0, 0.05) is 42.9 Å². The smallest absolute Gasteiger partial charge is 0.240 e. The Hall–Kier alpha value is -3.63. The first-order valence-corrected chi connectivity index (χ1v) is 11.5. The van der Waals surface area contributed by atoms with Crippen molar-refractivity contribution in [3.05, 3.63) is 83.8 Å². The van der Waals surface area contributed by atoms with Gasteiger partial charge in [0.05, 0.1) is 4.90 Å². The largest absolute Gasteiger partial charge is 0.439 e. The first-order chi connectivity index (χ1) is 15.7. The van der Waals surface area contributed by atoms with Gasteiger partial charge in [0.1, 0.15) is 11.6 Å². The highest BCUT2D eigenvalue weighted by atomic mass is 32.2. The summed E-state index contributed by atoms with van der Waals surface area (Å²) in [6, 6.07) is 14.5. The van der Waals surface area contributed by atoms with Gasteiger partial charge < -0.3 is 10.1 Å². The average Bonchev–Trinajstić information content (AvgIpc) is 2.78. The second-order valence-corrected chi connectivity index (χ2v) is 8.80. The Bertz CT molecular complexity index is 1250. The maximum atomic E-state index is 13.4. The zero-order valence-corrected chi connectivity index (χ0v) is 18.6. The van der Waals surface area contributed by atoms with Crippen LogP contribution in [0.1, 0.15) is 29.3 Å². The lowest BCUT2D eigenvalue weighted by atomic mass is 10.2. The molecule has 172 valence electrons. The van der Waals surface area contributed by atoms with Crippen LogP contribution in [0.25, 0.3) is 0 Å². The first kappa shape index (κ1) is 24.0. The summed E-state index contributed by atoms with van der Waals surface area (Å²) in [5, 5.41) is 2.68. The van der Waals surface area contributed by atoms with Crippen LogP contribution in [0.3, 0.4) is 0 Å². The molecule has 33 heavy (non-hydrogen) atoms. The van der Waals surface area contributed by atoms with E-state index in [1.165, 1.54) is 55.6 Å². The number of ketones is 1. The van der Waals surface area contributed by atoms with E-state index in [9.17, 15) is 22.4 Å². The molecule has 3 rings (SSSR count). The van der Waals surface area contributed by atoms with E-state index in [0.29, 0.717) is 11.1 Å². The van der Waals surface area contributed by atoms with E-state index >= 15 is 0 Å². The van der Waals surface area contributed by atoms with Crippen molar-refractivity contribution in [2.24, 2.45) is 0 Å². The van der Waals surface area contributed by atoms with E-state index in [0.717, 1.165) is 0 Å². The Morgan fingerprint density at radius 3 is 2.52 bits per heavy atom. The predicted molar refractivity (Wildman–Crippen MR) is 119 cm³/mol. The molecule has 0 saturated carbocycles. The second-order valence-electron chi connectivity index (χ2n) is 7.03. The van der Waals surface area contributed by atoms with Crippen molar-refractivity contribution in [1.29, 1.82) is 0 Å². The first-order valence-electron chi connectivity index (χ1n) is 9.99. The van der Waals surface area contributed by atoms with Crippen molar-refractivity contribution < 1.29 is 27.1 Å². The summed E-state index contributed by atoms with van der Waals surface area (Å²) in [5.74, 6) is -0.507. The molecule has 0 aliphatic rings. The fourth-order valence-corrected chi connectivity index (χ4v) is 3.86. The molecule has 1 heterocycles. The third kappa shape index (κ3) is 6.93. The van der Waals surface area contributed by atoms with Gasteiger partial charge in [0.15, 0.2) is 5.78 Å². The van der Waals surface area contributed by atoms with Crippen LogP contribution in [-0.2, 0) is 21.4 Å². The van der Waals surface area contributed by atoms with Crippen LogP contribution in [-0.4, -0.2) is 31.6 Å². The maximum absolute atomic E-state index is 13.4. The molecule has 0 saturated heterocycles. The number of hydrogen-bond acceptors (Lipinski definition) is 6. The molecule has 2 N–H and O–H groups in total. The Kier molecular flexibility index (Phi) is 7.86. The third-order valence-corrected chi connectivity index (χ3v) is 6.03. The quantitative estimate of drug-likeness (QED) is 0.439. The van der Waals surface area contributed by atoms with Crippen LogP contribution < -0.4 is 14.8 Å². The van der Waals surface area contributed by atoms with E-state index in [2.05, 4.69) is 15.0 Å². The van der Waals surface area contributed by atoms with Gasteiger partial charge in [-0.3, -0.25) is 9.59 Å². The van der Waals surface area contributed by atoms with Gasteiger partial charge in [-0.15, -0.1) is 0 Å². The Morgan fingerprint density at radius 2 is 1.82 bits per heavy atom. The predicted octanol–water partition coefficient (Wildman–Crippen LogP) is 3.20. The van der Waals surface area contributed by atoms with E-state index < -0.39 is 15.8 Å². The number of sulfonamides is 1. The molecule has 10 heteroatoms. The van der Waals surface area contributed by atoms with Crippen LogP contribution >= 0.6 is 0 Å². The van der Waals surface area contributed by atoms with Gasteiger partial charge in [-0.05, 0) is 37.3 Å². The highest BCUT2D eigenvalue weighted by molar-refractivity contribution is 7.89. The second kappa shape index (κ2) is 10.8. The number of halogens is 1. The van der Waals surface area contributed by atoms with Crippen LogP contribution in [0, 0.1) is 5.82 Å². The van der Waals surface area contributed by atoms with Gasteiger partial charge in [-0.2, -0.15) is 0 Å². The zero-order chi connectivity index (χ0) is 23.8. The molecule has 2 aromatic carbocycles. The van der Waals surface area contributed by atoms with Gasteiger partial charge in [-0.1, -0.05) is 24.3 Å². The summed E-state index contributed by atoms with van der Waals surface area (Å²) < 4.78 is 46.0. The minimum Gasteiger partial charge on any atom is -0.439 e. The number of carbonyl (C=O) groups excluding carboxylic acids is 2. The minimum absolute atomic E-state index is 0.00223. The van der Waals surface area contributed by atoms with E-state index in [1.807, 2.05) is 0 Å². The van der Waals surface area contributed by atoms with Crippen LogP contribution in [0.2, 0.25) is 0 Å². The fourth-order valence-electron chi connectivity index (χ4n) is 2.83. The summed E-state index contributed by atoms with van der Waals surface area (Å²) in [6.07, 6.45) is 1.42. The number of hydrogen-bond donors (Lipinski definition) is 2. The number of Topliss-reactive ketones (excluding diaryl/α,β-unsaturated/α-hetero) is 1. The van der Waals surface area contributed by atoms with Crippen molar-refractivity contribution in [2.75, 3.05) is 6.54 Å². The molecule has 0 radical (unpaired) electrons. The number of nitrogens with one attached hydrogen (secondary N) is 2. The lowest BCUT2D eigenvalue weighted by Gasteiger charge is -2.11. The molecule has 1 amide bonds. The minimum atomic E-state index is -3.81. The molecule has 0 aliphatic carbocycles. The number of aromatic nitrogens is 1. The molecule has 0 atom stereocenters. The van der Waals surface area contributed by atoms with Crippen molar-refractivity contribution in [3.63, 3.8) is 0 Å². The average molecular weight is 472 g/mol. The highest BCUT2D eigenvalue weighted by Crippen LogP contribution is 2.23. The van der Waals surface area contributed by atoms with Gasteiger partial charge in [0.25, 0.3) is 0 Å². The molecule has 8 nitrogen and oxygen atoms in total. The standard InChI is InChI=1S/C23H22FN3O5S/c1-16(28)17-7-9-21(10-8-17)33(30,31)27-13-11-22(29)26-15-18-4-3-12-25-23(18)32-20-6-2-5-19(24)14-20/h2-10,12,14,27H,11,13,15H2,1H3,(H,26,29). The van der Waals surface area contributed by atoms with E-state index in [4.69, 9.17) is 4.74 Å². The molecule has 1 aromatic heterocycles. The molecule has 0 aliphatic heterocycles. The summed E-state index contributed by atoms with van der Waals surface area (Å²) >= 11 is 0. The summed E-state index contributed by atoms with van der Waals surface area (Å²) in [5.41, 5.74) is 0.978. The molecule has 0 fully saturated rings. The fraction of sp³-hybridized carbons (Fsp3) is 0.174. The van der Waals surface area contributed by atoms with Gasteiger partial charge in [-0.25, -0.2) is 22.5 Å². The van der Waals surface area contributed by atoms with Gasteiger partial charge >= 0.3 is 0 Å². The molecule has 0 bridgehead atoms. The van der Waals surface area contributed by atoms with E-state index in [1.54, 1.807) is 18.2 Å². The molecular formula is C23H22FN3O5S. The molecule has 0 unspecified atom stereocenters. The summed E-state index contributed by atoms with van der Waals surface area (Å²) in [7, 11) is -3.81. The van der Waals surface area contributed by atoms with Crippen molar-refractivity contribution in [3.8, 4) is 11.6 Å². The molecule has 3 aromatic rings. The number of benzene rings is 2. The van der Waals surface area contributed by atoms with Crippen LogP contribution in [0.4, 0.5) is 4.39 Å². The third-order valence-electron chi connectivity index (χ3n) is 4.55. The lowest BCUT2D eigenvalue weighted by molar-refractivity contribution is -0.121. The highest BCUT2D eigenvalue weighted by Gasteiger charge is 2.15. The lowest BCUT2D eigenvalue weighted by Crippen LogP contribution is -2.30. The molecular weight excluding hydrogens is 449 g/mol. The normalized spacial score (nSPS) is 11.1. The number of pyridine rings is 1. The number of carbonyl (C=O) groups is 2. The Morgan fingerprint density at radius 1 is 1.06 bits per heavy atom. The van der Waals surface area contributed by atoms with Gasteiger partial charge in [0.2, 0.25) is 21.8 Å². The van der Waals surface area contributed by atoms with Crippen molar-refractivity contribution >= 4 is 21.7 Å². The number of amides is 1. The summed E-state index contributed by atoms with van der Waals surface area (Å²) in [4.78, 5) is 27.6. The van der Waals surface area contributed by atoms with Crippen LogP contribution in [0.5, 0.6) is 11.6 Å². The molecule has 0 spiro atoms. The number of rotatable bonds is 10. The topological polar surface area (TPSA) is 114 Å². The monoisotopic (exact) mass is 471 g/mol. The maximum Gasteiger partial charge on any atom is 0.240 e. The Balaban J connectivity index is 1.51.